The second kappa shape index (κ2) is 5.22. The van der Waals surface area contributed by atoms with Gasteiger partial charge in [0.1, 0.15) is 0 Å². The summed E-state index contributed by atoms with van der Waals surface area (Å²) in [5.41, 5.74) is 1.80. The zero-order chi connectivity index (χ0) is 13.3. The van der Waals surface area contributed by atoms with Gasteiger partial charge < -0.3 is 5.32 Å². The molecule has 0 amide bonds. The summed E-state index contributed by atoms with van der Waals surface area (Å²) >= 11 is 5.93. The molecule has 0 heterocycles. The largest absolute Gasteiger partial charge is 0.307 e. The highest BCUT2D eigenvalue weighted by Crippen LogP contribution is 2.41. The lowest BCUT2D eigenvalue weighted by molar-refractivity contribution is 0.356. The zero-order valence-electron chi connectivity index (χ0n) is 11.8. The van der Waals surface area contributed by atoms with E-state index in [2.05, 4.69) is 45.1 Å². The Kier molecular flexibility index (Phi) is 4.03. The molecule has 0 aliphatic heterocycles. The monoisotopic (exact) mass is 265 g/mol. The van der Waals surface area contributed by atoms with E-state index < -0.39 is 0 Å². The third kappa shape index (κ3) is 3.27. The normalized spacial score (nSPS) is 28.3. The van der Waals surface area contributed by atoms with Crippen molar-refractivity contribution in [1.29, 1.82) is 0 Å². The van der Waals surface area contributed by atoms with E-state index in [1.807, 2.05) is 12.1 Å². The van der Waals surface area contributed by atoms with Gasteiger partial charge in [-0.3, -0.25) is 0 Å². The van der Waals surface area contributed by atoms with Gasteiger partial charge in [0.2, 0.25) is 0 Å². The lowest BCUT2D eigenvalue weighted by Crippen LogP contribution is -2.33. The Hall–Kier alpha value is -0.530. The first-order valence-electron chi connectivity index (χ1n) is 6.89. The van der Waals surface area contributed by atoms with Crippen LogP contribution in [0.3, 0.4) is 0 Å². The summed E-state index contributed by atoms with van der Waals surface area (Å²) < 4.78 is 0. The molecule has 100 valence electrons. The van der Waals surface area contributed by atoms with Crippen molar-refractivity contribution in [2.45, 2.75) is 52.6 Å². The Bertz CT molecular complexity index is 396. The summed E-state index contributed by atoms with van der Waals surface area (Å²) in [5, 5.41) is 4.58. The predicted octanol–water partition coefficient (Wildman–Crippen LogP) is 4.82. The lowest BCUT2D eigenvalue weighted by atomic mass is 9.91. The Labute approximate surface area is 116 Å². The van der Waals surface area contributed by atoms with Crippen molar-refractivity contribution in [3.05, 3.63) is 34.9 Å². The molecule has 1 N–H and O–H groups in total. The Morgan fingerprint density at radius 3 is 2.33 bits per heavy atom. The maximum absolute atomic E-state index is 5.93. The molecule has 1 aliphatic carbocycles. The number of nitrogens with one attached hydrogen (secondary N) is 1. The van der Waals surface area contributed by atoms with Gasteiger partial charge in [-0.15, -0.1) is 0 Å². The van der Waals surface area contributed by atoms with Gasteiger partial charge in [0.15, 0.2) is 0 Å². The molecule has 0 aromatic heterocycles. The van der Waals surface area contributed by atoms with Crippen molar-refractivity contribution in [2.75, 3.05) is 0 Å². The van der Waals surface area contributed by atoms with Crippen molar-refractivity contribution in [3.63, 3.8) is 0 Å². The predicted molar refractivity (Wildman–Crippen MR) is 79.0 cm³/mol. The van der Waals surface area contributed by atoms with E-state index in [1.54, 1.807) is 0 Å². The van der Waals surface area contributed by atoms with Crippen molar-refractivity contribution >= 4 is 11.6 Å². The highest BCUT2D eigenvalue weighted by atomic mass is 35.5. The second-order valence-corrected chi connectivity index (χ2v) is 7.03. The molecule has 3 atom stereocenters. The van der Waals surface area contributed by atoms with E-state index in [-0.39, 0.29) is 0 Å². The van der Waals surface area contributed by atoms with E-state index in [0.717, 1.165) is 10.9 Å². The number of hydrogen-bond acceptors (Lipinski definition) is 1. The first-order valence-corrected chi connectivity index (χ1v) is 7.27. The minimum Gasteiger partial charge on any atom is -0.307 e. The van der Waals surface area contributed by atoms with Crippen LogP contribution >= 0.6 is 11.6 Å². The molecule has 0 saturated heterocycles. The summed E-state index contributed by atoms with van der Waals surface area (Å²) in [6.45, 7) is 9.35. The Morgan fingerprint density at radius 2 is 1.83 bits per heavy atom. The first-order chi connectivity index (χ1) is 8.37. The Balaban J connectivity index is 1.99. The number of rotatable bonds is 3. The highest BCUT2D eigenvalue weighted by molar-refractivity contribution is 6.30. The maximum Gasteiger partial charge on any atom is 0.0406 e. The molecule has 0 bridgehead atoms. The average Bonchev–Trinajstić information content (AvgIpc) is 2.52. The molecule has 0 spiro atoms. The van der Waals surface area contributed by atoms with Crippen molar-refractivity contribution in [2.24, 2.45) is 11.3 Å². The fraction of sp³-hybridized carbons (Fsp3) is 0.625. The fourth-order valence-corrected chi connectivity index (χ4v) is 3.41. The third-order valence-electron chi connectivity index (χ3n) is 4.17. The molecule has 1 aliphatic rings. The smallest absolute Gasteiger partial charge is 0.0406 e. The van der Waals surface area contributed by atoms with Gasteiger partial charge in [-0.1, -0.05) is 44.5 Å². The maximum atomic E-state index is 5.93. The van der Waals surface area contributed by atoms with Crippen LogP contribution in [0.25, 0.3) is 0 Å². The molecular weight excluding hydrogens is 242 g/mol. The van der Waals surface area contributed by atoms with Crippen LogP contribution in [0.15, 0.2) is 24.3 Å². The van der Waals surface area contributed by atoms with Gasteiger partial charge in [0.25, 0.3) is 0 Å². The van der Waals surface area contributed by atoms with Crippen molar-refractivity contribution in [1.82, 2.24) is 5.32 Å². The fourth-order valence-electron chi connectivity index (χ4n) is 3.29. The van der Waals surface area contributed by atoms with Crippen LogP contribution in [-0.4, -0.2) is 6.04 Å². The standard InChI is InChI=1S/C16H24ClN/c1-11-9-16(3,4)10-15(11)18-12(2)13-5-7-14(17)8-6-13/h5-8,11-12,15,18H,9-10H2,1-4H3. The first kappa shape index (κ1) is 13.9. The topological polar surface area (TPSA) is 12.0 Å². The van der Waals surface area contributed by atoms with Crippen LogP contribution in [0.1, 0.15) is 52.1 Å². The molecule has 1 fully saturated rings. The van der Waals surface area contributed by atoms with Crippen LogP contribution in [0.4, 0.5) is 0 Å². The molecule has 1 saturated carbocycles. The summed E-state index contributed by atoms with van der Waals surface area (Å²) in [6.07, 6.45) is 2.59. The molecule has 1 aromatic rings. The molecule has 18 heavy (non-hydrogen) atoms. The van der Waals surface area contributed by atoms with Crippen molar-refractivity contribution < 1.29 is 0 Å². The Morgan fingerprint density at radius 1 is 1.22 bits per heavy atom. The molecule has 3 unspecified atom stereocenters. The van der Waals surface area contributed by atoms with Crippen LogP contribution in [-0.2, 0) is 0 Å². The summed E-state index contributed by atoms with van der Waals surface area (Å²) in [5.74, 6) is 0.759. The highest BCUT2D eigenvalue weighted by Gasteiger charge is 2.36. The molecule has 1 nitrogen and oxygen atoms in total. The summed E-state index contributed by atoms with van der Waals surface area (Å²) in [7, 11) is 0. The van der Waals surface area contributed by atoms with E-state index in [9.17, 15) is 0 Å². The molecule has 0 radical (unpaired) electrons. The molecule has 1 aromatic carbocycles. The minimum atomic E-state index is 0.392. The van der Waals surface area contributed by atoms with Gasteiger partial charge in [-0.05, 0) is 48.8 Å². The van der Waals surface area contributed by atoms with Crippen LogP contribution in [0.2, 0.25) is 5.02 Å². The molecule has 2 heteroatoms. The lowest BCUT2D eigenvalue weighted by Gasteiger charge is -2.24. The van der Waals surface area contributed by atoms with Gasteiger partial charge >= 0.3 is 0 Å². The zero-order valence-corrected chi connectivity index (χ0v) is 12.6. The summed E-state index contributed by atoms with van der Waals surface area (Å²) in [4.78, 5) is 0. The van der Waals surface area contributed by atoms with Gasteiger partial charge in [0.05, 0.1) is 0 Å². The quantitative estimate of drug-likeness (QED) is 0.827. The number of benzene rings is 1. The number of halogens is 1. The van der Waals surface area contributed by atoms with Gasteiger partial charge in [0, 0.05) is 17.1 Å². The second-order valence-electron chi connectivity index (χ2n) is 6.60. The van der Waals surface area contributed by atoms with Crippen molar-refractivity contribution in [3.8, 4) is 0 Å². The van der Waals surface area contributed by atoms with E-state index in [1.165, 1.54) is 18.4 Å². The van der Waals surface area contributed by atoms with Crippen LogP contribution in [0, 0.1) is 11.3 Å². The molecule has 2 rings (SSSR count). The minimum absolute atomic E-state index is 0.392. The summed E-state index contributed by atoms with van der Waals surface area (Å²) in [6, 6.07) is 9.19. The van der Waals surface area contributed by atoms with Crippen LogP contribution < -0.4 is 5.32 Å². The third-order valence-corrected chi connectivity index (χ3v) is 4.42. The van der Waals surface area contributed by atoms with E-state index in [4.69, 9.17) is 11.6 Å². The molecular formula is C16H24ClN. The van der Waals surface area contributed by atoms with Gasteiger partial charge in [-0.25, -0.2) is 0 Å². The number of hydrogen-bond donors (Lipinski definition) is 1. The van der Waals surface area contributed by atoms with Gasteiger partial charge in [-0.2, -0.15) is 0 Å². The van der Waals surface area contributed by atoms with E-state index in [0.29, 0.717) is 17.5 Å². The van der Waals surface area contributed by atoms with Crippen LogP contribution in [0.5, 0.6) is 0 Å². The SMILES string of the molecule is CC(NC1CC(C)(C)CC1C)c1ccc(Cl)cc1. The van der Waals surface area contributed by atoms with E-state index >= 15 is 0 Å². The average molecular weight is 266 g/mol.